The smallest absolute Gasteiger partial charge is 0.170 e. The minimum atomic E-state index is -0.119. The zero-order valence-electron chi connectivity index (χ0n) is 13.7. The number of hydrogen-bond acceptors (Lipinski definition) is 3. The number of Topliss-reactive ketones (excluding diaryl/α,β-unsaturated/α-hetero) is 2. The standard InChI is InChI=1S/C20H22O3/c1-3-13-23-19-11-9-16(10-12-19)15-5-7-17(8-6-15)20(22)14-18(21)4-2/h5-12H,3-4,13-14H2,1-2H3. The van der Waals surface area contributed by atoms with Gasteiger partial charge in [0, 0.05) is 12.0 Å². The van der Waals surface area contributed by atoms with Gasteiger partial charge in [0.15, 0.2) is 5.78 Å². The third kappa shape index (κ3) is 4.78. The maximum Gasteiger partial charge on any atom is 0.170 e. The van der Waals surface area contributed by atoms with Crippen LogP contribution in [0.1, 0.15) is 43.5 Å². The van der Waals surface area contributed by atoms with Gasteiger partial charge < -0.3 is 4.74 Å². The van der Waals surface area contributed by atoms with Gasteiger partial charge in [-0.3, -0.25) is 9.59 Å². The average molecular weight is 310 g/mol. The minimum absolute atomic E-state index is 0.0146. The van der Waals surface area contributed by atoms with Gasteiger partial charge in [0.25, 0.3) is 0 Å². The highest BCUT2D eigenvalue weighted by molar-refractivity contribution is 6.08. The first kappa shape index (κ1) is 16.9. The average Bonchev–Trinajstić information content (AvgIpc) is 2.60. The minimum Gasteiger partial charge on any atom is -0.494 e. The Hall–Kier alpha value is -2.42. The second kappa shape index (κ2) is 8.28. The van der Waals surface area contributed by atoms with E-state index in [-0.39, 0.29) is 18.0 Å². The third-order valence-electron chi connectivity index (χ3n) is 3.62. The van der Waals surface area contributed by atoms with Crippen LogP contribution < -0.4 is 4.74 Å². The van der Waals surface area contributed by atoms with E-state index in [9.17, 15) is 9.59 Å². The number of carbonyl (C=O) groups excluding carboxylic acids is 2. The second-order valence-corrected chi connectivity index (χ2v) is 5.44. The maximum atomic E-state index is 12.0. The van der Waals surface area contributed by atoms with Crippen LogP contribution in [-0.4, -0.2) is 18.2 Å². The summed E-state index contributed by atoms with van der Waals surface area (Å²) in [6.07, 6.45) is 1.37. The fraction of sp³-hybridized carbons (Fsp3) is 0.300. The Morgan fingerprint density at radius 1 is 0.870 bits per heavy atom. The number of carbonyl (C=O) groups is 2. The van der Waals surface area contributed by atoms with Crippen LogP contribution in [0.4, 0.5) is 0 Å². The molecule has 2 aromatic carbocycles. The molecule has 0 fully saturated rings. The SMILES string of the molecule is CCCOc1ccc(-c2ccc(C(=O)CC(=O)CC)cc2)cc1. The van der Waals surface area contributed by atoms with Crippen molar-refractivity contribution in [2.24, 2.45) is 0 Å². The first-order chi connectivity index (χ1) is 11.1. The lowest BCUT2D eigenvalue weighted by Gasteiger charge is -2.07. The molecule has 0 heterocycles. The Morgan fingerprint density at radius 2 is 1.43 bits per heavy atom. The number of hydrogen-bond donors (Lipinski definition) is 0. The molecule has 0 bridgehead atoms. The van der Waals surface area contributed by atoms with Crippen molar-refractivity contribution in [1.29, 1.82) is 0 Å². The number of ether oxygens (including phenoxy) is 1. The van der Waals surface area contributed by atoms with Crippen LogP contribution >= 0.6 is 0 Å². The zero-order chi connectivity index (χ0) is 16.7. The molecule has 23 heavy (non-hydrogen) atoms. The van der Waals surface area contributed by atoms with Gasteiger partial charge in [-0.2, -0.15) is 0 Å². The lowest BCUT2D eigenvalue weighted by Crippen LogP contribution is -2.06. The molecule has 0 aliphatic rings. The van der Waals surface area contributed by atoms with E-state index in [1.165, 1.54) is 0 Å². The first-order valence-electron chi connectivity index (χ1n) is 8.02. The molecule has 0 atom stereocenters. The van der Waals surface area contributed by atoms with E-state index in [2.05, 4.69) is 6.92 Å². The van der Waals surface area contributed by atoms with E-state index in [1.54, 1.807) is 19.1 Å². The van der Waals surface area contributed by atoms with Crippen LogP contribution in [-0.2, 0) is 4.79 Å². The molecule has 3 heteroatoms. The predicted molar refractivity (Wildman–Crippen MR) is 91.9 cm³/mol. The van der Waals surface area contributed by atoms with Gasteiger partial charge in [-0.25, -0.2) is 0 Å². The fourth-order valence-electron chi connectivity index (χ4n) is 2.22. The molecule has 120 valence electrons. The van der Waals surface area contributed by atoms with Gasteiger partial charge in [0.1, 0.15) is 11.5 Å². The molecule has 2 rings (SSSR count). The maximum absolute atomic E-state index is 12.0. The Bertz CT molecular complexity index is 654. The van der Waals surface area contributed by atoms with Gasteiger partial charge in [0.2, 0.25) is 0 Å². The number of rotatable bonds is 8. The van der Waals surface area contributed by atoms with Gasteiger partial charge in [-0.15, -0.1) is 0 Å². The topological polar surface area (TPSA) is 43.4 Å². The first-order valence-corrected chi connectivity index (χ1v) is 8.02. The van der Waals surface area contributed by atoms with E-state index >= 15 is 0 Å². The Labute approximate surface area is 137 Å². The molecular weight excluding hydrogens is 288 g/mol. The summed E-state index contributed by atoms with van der Waals surface area (Å²) in [5.74, 6) is 0.717. The van der Waals surface area contributed by atoms with Crippen molar-refractivity contribution in [2.45, 2.75) is 33.1 Å². The molecule has 3 nitrogen and oxygen atoms in total. The Balaban J connectivity index is 2.07. The number of benzene rings is 2. The van der Waals surface area contributed by atoms with Crippen molar-refractivity contribution in [1.82, 2.24) is 0 Å². The van der Waals surface area contributed by atoms with Crippen LogP contribution in [0.5, 0.6) is 5.75 Å². The molecule has 0 unspecified atom stereocenters. The van der Waals surface area contributed by atoms with Crippen LogP contribution in [0.3, 0.4) is 0 Å². The largest absolute Gasteiger partial charge is 0.494 e. The predicted octanol–water partition coefficient (Wildman–Crippen LogP) is 4.69. The van der Waals surface area contributed by atoms with E-state index in [0.29, 0.717) is 18.6 Å². The lowest BCUT2D eigenvalue weighted by atomic mass is 10.0. The summed E-state index contributed by atoms with van der Waals surface area (Å²) in [6.45, 7) is 4.56. The molecule has 0 spiro atoms. The molecule has 0 aromatic heterocycles. The summed E-state index contributed by atoms with van der Waals surface area (Å²) in [6, 6.07) is 15.3. The monoisotopic (exact) mass is 310 g/mol. The molecule has 0 N–H and O–H groups in total. The van der Waals surface area contributed by atoms with Crippen LogP contribution in [0, 0.1) is 0 Å². The van der Waals surface area contributed by atoms with Gasteiger partial charge in [0.05, 0.1) is 13.0 Å². The lowest BCUT2D eigenvalue weighted by molar-refractivity contribution is -0.117. The van der Waals surface area contributed by atoms with Crippen molar-refractivity contribution in [3.63, 3.8) is 0 Å². The van der Waals surface area contributed by atoms with Crippen molar-refractivity contribution in [3.05, 3.63) is 54.1 Å². The molecular formula is C20H22O3. The number of ketones is 2. The molecule has 0 saturated heterocycles. The zero-order valence-corrected chi connectivity index (χ0v) is 13.7. The summed E-state index contributed by atoms with van der Waals surface area (Å²) < 4.78 is 5.57. The van der Waals surface area contributed by atoms with E-state index < -0.39 is 0 Å². The summed E-state index contributed by atoms with van der Waals surface area (Å²) in [4.78, 5) is 23.3. The Morgan fingerprint density at radius 3 is 1.96 bits per heavy atom. The fourth-order valence-corrected chi connectivity index (χ4v) is 2.22. The molecule has 0 amide bonds. The molecule has 0 aliphatic heterocycles. The van der Waals surface area contributed by atoms with E-state index in [1.807, 2.05) is 36.4 Å². The van der Waals surface area contributed by atoms with Crippen LogP contribution in [0.15, 0.2) is 48.5 Å². The van der Waals surface area contributed by atoms with Crippen molar-refractivity contribution in [2.75, 3.05) is 6.61 Å². The Kier molecular flexibility index (Phi) is 6.10. The normalized spacial score (nSPS) is 10.3. The van der Waals surface area contributed by atoms with Crippen molar-refractivity contribution in [3.8, 4) is 16.9 Å². The molecule has 2 aromatic rings. The summed E-state index contributed by atoms with van der Waals surface area (Å²) in [7, 11) is 0. The van der Waals surface area contributed by atoms with Crippen LogP contribution in [0.2, 0.25) is 0 Å². The molecule has 0 radical (unpaired) electrons. The summed E-state index contributed by atoms with van der Waals surface area (Å²) in [5.41, 5.74) is 2.68. The molecule has 0 saturated carbocycles. The molecule has 0 aliphatic carbocycles. The highest BCUT2D eigenvalue weighted by atomic mass is 16.5. The van der Waals surface area contributed by atoms with Gasteiger partial charge in [-0.1, -0.05) is 50.2 Å². The third-order valence-corrected chi connectivity index (χ3v) is 3.62. The second-order valence-electron chi connectivity index (χ2n) is 5.44. The van der Waals surface area contributed by atoms with Gasteiger partial charge in [-0.05, 0) is 29.7 Å². The van der Waals surface area contributed by atoms with Crippen molar-refractivity contribution < 1.29 is 14.3 Å². The van der Waals surface area contributed by atoms with Crippen LogP contribution in [0.25, 0.3) is 11.1 Å². The van der Waals surface area contributed by atoms with E-state index in [0.717, 1.165) is 23.3 Å². The quantitative estimate of drug-likeness (QED) is 0.524. The van der Waals surface area contributed by atoms with E-state index in [4.69, 9.17) is 4.74 Å². The van der Waals surface area contributed by atoms with Crippen molar-refractivity contribution >= 4 is 11.6 Å². The highest BCUT2D eigenvalue weighted by Crippen LogP contribution is 2.23. The summed E-state index contributed by atoms with van der Waals surface area (Å²) >= 11 is 0. The summed E-state index contributed by atoms with van der Waals surface area (Å²) in [5, 5.41) is 0. The van der Waals surface area contributed by atoms with Gasteiger partial charge >= 0.3 is 0 Å². The highest BCUT2D eigenvalue weighted by Gasteiger charge is 2.10.